The van der Waals surface area contributed by atoms with E-state index in [2.05, 4.69) is 47.9 Å². The molecule has 0 aliphatic carbocycles. The molecule has 0 N–H and O–H groups in total. The van der Waals surface area contributed by atoms with Crippen LogP contribution in [0.4, 0.5) is 0 Å². The van der Waals surface area contributed by atoms with Crippen molar-refractivity contribution in [3.05, 3.63) is 35.9 Å². The Balaban J connectivity index is 2.02. The molecular weight excluding hydrogens is 230 g/mol. The largest absolute Gasteiger partial charge is 0.290 e. The number of nitrogens with zero attached hydrogens (tertiary/aromatic N) is 1. The van der Waals surface area contributed by atoms with E-state index in [1.807, 2.05) is 6.07 Å². The number of piperidine rings is 1. The van der Waals surface area contributed by atoms with Gasteiger partial charge in [0.25, 0.3) is 0 Å². The topological polar surface area (TPSA) is 3.24 Å². The Hall–Kier alpha value is -1.26. The van der Waals surface area contributed by atoms with Crippen molar-refractivity contribution in [2.24, 2.45) is 0 Å². The minimum atomic E-state index is 0.459. The van der Waals surface area contributed by atoms with Gasteiger partial charge in [0, 0.05) is 5.56 Å². The van der Waals surface area contributed by atoms with Crippen LogP contribution in [0, 0.1) is 11.8 Å². The number of hydrogen-bond donors (Lipinski definition) is 0. The van der Waals surface area contributed by atoms with Crippen LogP contribution < -0.4 is 0 Å². The lowest BCUT2D eigenvalue weighted by Crippen LogP contribution is -2.38. The highest BCUT2D eigenvalue weighted by molar-refractivity contribution is 5.34. The Bertz CT molecular complexity index is 406. The molecule has 0 aromatic heterocycles. The second kappa shape index (κ2) is 8.02. The van der Waals surface area contributed by atoms with E-state index >= 15 is 0 Å². The standard InChI is InChI=1S/C18H25N/c1-2-3-12-18(19-15-8-5-9-16-19)14-13-17-10-6-4-7-11-17/h4,6-7,10-11,18H,2-3,5,8-9,12,15-16H2,1H3. The highest BCUT2D eigenvalue weighted by atomic mass is 15.1. The summed E-state index contributed by atoms with van der Waals surface area (Å²) in [6.07, 6.45) is 7.84. The summed E-state index contributed by atoms with van der Waals surface area (Å²) in [6, 6.07) is 10.8. The van der Waals surface area contributed by atoms with E-state index in [1.165, 1.54) is 51.6 Å². The monoisotopic (exact) mass is 255 g/mol. The molecule has 1 unspecified atom stereocenters. The van der Waals surface area contributed by atoms with Crippen LogP contribution in [0.1, 0.15) is 51.0 Å². The number of hydrogen-bond acceptors (Lipinski definition) is 1. The first-order valence-corrected chi connectivity index (χ1v) is 7.71. The average Bonchev–Trinajstić information content (AvgIpc) is 2.49. The average molecular weight is 255 g/mol. The molecule has 1 aromatic carbocycles. The first-order chi connectivity index (χ1) is 9.40. The number of likely N-dealkylation sites (tertiary alicyclic amines) is 1. The van der Waals surface area contributed by atoms with Gasteiger partial charge >= 0.3 is 0 Å². The molecular formula is C18H25N. The third-order valence-corrected chi connectivity index (χ3v) is 3.82. The van der Waals surface area contributed by atoms with Gasteiger partial charge in [0.15, 0.2) is 0 Å². The normalized spacial score (nSPS) is 17.5. The van der Waals surface area contributed by atoms with Crippen LogP contribution in [0.2, 0.25) is 0 Å². The third kappa shape index (κ3) is 4.73. The van der Waals surface area contributed by atoms with Gasteiger partial charge in [-0.3, -0.25) is 4.90 Å². The van der Waals surface area contributed by atoms with E-state index < -0.39 is 0 Å². The highest BCUT2D eigenvalue weighted by Crippen LogP contribution is 2.16. The number of benzene rings is 1. The minimum Gasteiger partial charge on any atom is -0.290 e. The first-order valence-electron chi connectivity index (χ1n) is 7.71. The van der Waals surface area contributed by atoms with Crippen LogP contribution in [0.15, 0.2) is 30.3 Å². The Labute approximate surface area is 118 Å². The molecule has 0 amide bonds. The maximum Gasteiger partial charge on any atom is 0.0718 e. The molecule has 0 spiro atoms. The Kier molecular flexibility index (Phi) is 5.98. The van der Waals surface area contributed by atoms with E-state index in [0.717, 1.165) is 5.56 Å². The summed E-state index contributed by atoms with van der Waals surface area (Å²) < 4.78 is 0. The van der Waals surface area contributed by atoms with Crippen molar-refractivity contribution in [1.29, 1.82) is 0 Å². The van der Waals surface area contributed by atoms with E-state index in [0.29, 0.717) is 6.04 Å². The predicted molar refractivity (Wildman–Crippen MR) is 82.1 cm³/mol. The van der Waals surface area contributed by atoms with Crippen LogP contribution in [0.25, 0.3) is 0 Å². The lowest BCUT2D eigenvalue weighted by molar-refractivity contribution is 0.187. The highest BCUT2D eigenvalue weighted by Gasteiger charge is 2.17. The smallest absolute Gasteiger partial charge is 0.0718 e. The molecule has 1 aliphatic rings. The van der Waals surface area contributed by atoms with Crippen molar-refractivity contribution in [2.75, 3.05) is 13.1 Å². The summed E-state index contributed by atoms with van der Waals surface area (Å²) in [5, 5.41) is 0. The zero-order valence-corrected chi connectivity index (χ0v) is 12.1. The maximum atomic E-state index is 3.52. The van der Waals surface area contributed by atoms with Crippen molar-refractivity contribution in [3.63, 3.8) is 0 Å². The Morgan fingerprint density at radius 1 is 1.11 bits per heavy atom. The van der Waals surface area contributed by atoms with Crippen LogP contribution in [0.5, 0.6) is 0 Å². The number of unbranched alkanes of at least 4 members (excludes halogenated alkanes) is 1. The summed E-state index contributed by atoms with van der Waals surface area (Å²) in [6.45, 7) is 4.73. The zero-order valence-electron chi connectivity index (χ0n) is 12.1. The van der Waals surface area contributed by atoms with Crippen molar-refractivity contribution in [3.8, 4) is 11.8 Å². The van der Waals surface area contributed by atoms with Gasteiger partial charge in [-0.2, -0.15) is 0 Å². The van der Waals surface area contributed by atoms with E-state index in [4.69, 9.17) is 0 Å². The molecule has 1 nitrogen and oxygen atoms in total. The summed E-state index contributed by atoms with van der Waals surface area (Å²) in [4.78, 5) is 2.59. The Morgan fingerprint density at radius 3 is 2.53 bits per heavy atom. The maximum absolute atomic E-state index is 3.52. The molecule has 1 fully saturated rings. The lowest BCUT2D eigenvalue weighted by Gasteiger charge is -2.31. The molecule has 0 bridgehead atoms. The van der Waals surface area contributed by atoms with Gasteiger partial charge in [0.2, 0.25) is 0 Å². The molecule has 1 heteroatoms. The fourth-order valence-corrected chi connectivity index (χ4v) is 2.66. The van der Waals surface area contributed by atoms with Crippen molar-refractivity contribution in [2.45, 2.75) is 51.5 Å². The van der Waals surface area contributed by atoms with Gasteiger partial charge in [-0.15, -0.1) is 0 Å². The molecule has 2 rings (SSSR count). The Morgan fingerprint density at radius 2 is 1.84 bits per heavy atom. The van der Waals surface area contributed by atoms with E-state index in [1.54, 1.807) is 0 Å². The molecule has 1 aromatic rings. The molecule has 102 valence electrons. The fraction of sp³-hybridized carbons (Fsp3) is 0.556. The SMILES string of the molecule is CCCCC(C#Cc1ccccc1)N1CCCCC1. The quantitative estimate of drug-likeness (QED) is 0.733. The van der Waals surface area contributed by atoms with Crippen LogP contribution >= 0.6 is 0 Å². The fourth-order valence-electron chi connectivity index (χ4n) is 2.66. The summed E-state index contributed by atoms with van der Waals surface area (Å²) in [7, 11) is 0. The van der Waals surface area contributed by atoms with Gasteiger partial charge in [-0.1, -0.05) is 56.2 Å². The molecule has 1 heterocycles. The molecule has 1 aliphatic heterocycles. The predicted octanol–water partition coefficient (Wildman–Crippen LogP) is 4.08. The second-order valence-corrected chi connectivity index (χ2v) is 5.39. The first kappa shape index (κ1) is 14.2. The van der Waals surface area contributed by atoms with Gasteiger partial charge < -0.3 is 0 Å². The van der Waals surface area contributed by atoms with Crippen LogP contribution in [0.3, 0.4) is 0 Å². The van der Waals surface area contributed by atoms with E-state index in [-0.39, 0.29) is 0 Å². The molecule has 1 atom stereocenters. The van der Waals surface area contributed by atoms with Gasteiger partial charge in [-0.25, -0.2) is 0 Å². The summed E-state index contributed by atoms with van der Waals surface area (Å²) in [5.41, 5.74) is 1.14. The zero-order chi connectivity index (χ0) is 13.3. The molecule has 1 saturated heterocycles. The second-order valence-electron chi connectivity index (χ2n) is 5.39. The van der Waals surface area contributed by atoms with Gasteiger partial charge in [0.1, 0.15) is 0 Å². The van der Waals surface area contributed by atoms with Crippen LogP contribution in [-0.4, -0.2) is 24.0 Å². The number of rotatable bonds is 4. The molecule has 19 heavy (non-hydrogen) atoms. The van der Waals surface area contributed by atoms with Gasteiger partial charge in [0.05, 0.1) is 6.04 Å². The van der Waals surface area contributed by atoms with Crippen molar-refractivity contribution in [1.82, 2.24) is 4.90 Å². The summed E-state index contributed by atoms with van der Waals surface area (Å²) in [5.74, 6) is 6.88. The van der Waals surface area contributed by atoms with Crippen LogP contribution in [-0.2, 0) is 0 Å². The lowest BCUT2D eigenvalue weighted by atomic mass is 10.0. The van der Waals surface area contributed by atoms with E-state index in [9.17, 15) is 0 Å². The van der Waals surface area contributed by atoms with Crippen molar-refractivity contribution < 1.29 is 0 Å². The van der Waals surface area contributed by atoms with Crippen molar-refractivity contribution >= 4 is 0 Å². The summed E-state index contributed by atoms with van der Waals surface area (Å²) >= 11 is 0. The molecule has 0 radical (unpaired) electrons. The third-order valence-electron chi connectivity index (χ3n) is 3.82. The minimum absolute atomic E-state index is 0.459. The molecule has 0 saturated carbocycles. The van der Waals surface area contributed by atoms with Gasteiger partial charge in [-0.05, 0) is 44.5 Å².